The smallest absolute Gasteiger partial charge is 0.214 e. The van der Waals surface area contributed by atoms with Crippen molar-refractivity contribution in [3.63, 3.8) is 0 Å². The van der Waals surface area contributed by atoms with Gasteiger partial charge in [0, 0.05) is 19.7 Å². The van der Waals surface area contributed by atoms with Gasteiger partial charge in [-0.15, -0.1) is 0 Å². The Balaban J connectivity index is 2.43. The molecule has 0 radical (unpaired) electrons. The number of ether oxygens (including phenoxy) is 1. The third kappa shape index (κ3) is 4.46. The van der Waals surface area contributed by atoms with Gasteiger partial charge in [-0.1, -0.05) is 0 Å². The van der Waals surface area contributed by atoms with Crippen molar-refractivity contribution in [3.8, 4) is 0 Å². The maximum absolute atomic E-state index is 11.8. The Morgan fingerprint density at radius 1 is 1.20 bits per heavy atom. The highest BCUT2D eigenvalue weighted by molar-refractivity contribution is 7.89. The molecule has 1 fully saturated rings. The molecule has 1 aliphatic heterocycles. The number of hydrogen-bond acceptors (Lipinski definition) is 4. The highest BCUT2D eigenvalue weighted by Crippen LogP contribution is 2.08. The largest absolute Gasteiger partial charge is 0.380 e. The van der Waals surface area contributed by atoms with E-state index < -0.39 is 10.0 Å². The summed E-state index contributed by atoms with van der Waals surface area (Å²) in [6.45, 7) is 2.81. The lowest BCUT2D eigenvalue weighted by Gasteiger charge is -2.18. The van der Waals surface area contributed by atoms with Crippen LogP contribution < -0.4 is 5.73 Å². The zero-order valence-electron chi connectivity index (χ0n) is 9.02. The van der Waals surface area contributed by atoms with Crippen LogP contribution in [0.2, 0.25) is 0 Å². The van der Waals surface area contributed by atoms with E-state index in [9.17, 15) is 8.42 Å². The molecule has 90 valence electrons. The SMILES string of the molecule is NCCCCS(=O)(=O)N1CCCOCC1. The van der Waals surface area contributed by atoms with Gasteiger partial charge in [0.15, 0.2) is 0 Å². The molecule has 2 N–H and O–H groups in total. The standard InChI is InChI=1S/C9H20N2O3S/c10-4-1-2-9-15(12,13)11-5-3-7-14-8-6-11/h1-10H2. The molecule has 0 saturated carbocycles. The highest BCUT2D eigenvalue weighted by atomic mass is 32.2. The topological polar surface area (TPSA) is 72.6 Å². The molecular weight excluding hydrogens is 216 g/mol. The average Bonchev–Trinajstić information content (AvgIpc) is 2.46. The van der Waals surface area contributed by atoms with Crippen LogP contribution in [0.5, 0.6) is 0 Å². The van der Waals surface area contributed by atoms with Crippen LogP contribution in [0.1, 0.15) is 19.3 Å². The lowest BCUT2D eigenvalue weighted by atomic mass is 10.3. The summed E-state index contributed by atoms with van der Waals surface area (Å²) in [5, 5.41) is 0. The number of sulfonamides is 1. The van der Waals surface area contributed by atoms with E-state index in [-0.39, 0.29) is 5.75 Å². The Bertz CT molecular complexity index is 259. The lowest BCUT2D eigenvalue weighted by molar-refractivity contribution is 0.148. The van der Waals surface area contributed by atoms with Crippen LogP contribution in [-0.4, -0.2) is 51.3 Å². The molecule has 1 aliphatic rings. The Labute approximate surface area is 91.6 Å². The third-order valence-corrected chi connectivity index (χ3v) is 4.39. The highest BCUT2D eigenvalue weighted by Gasteiger charge is 2.22. The number of unbranched alkanes of at least 4 members (excludes halogenated alkanes) is 1. The van der Waals surface area contributed by atoms with E-state index in [1.807, 2.05) is 0 Å². The quantitative estimate of drug-likeness (QED) is 0.670. The molecule has 0 unspecified atom stereocenters. The van der Waals surface area contributed by atoms with Gasteiger partial charge in [0.2, 0.25) is 10.0 Å². The van der Waals surface area contributed by atoms with Crippen molar-refractivity contribution < 1.29 is 13.2 Å². The van der Waals surface area contributed by atoms with Crippen LogP contribution in [0.15, 0.2) is 0 Å². The lowest BCUT2D eigenvalue weighted by Crippen LogP contribution is -2.35. The third-order valence-electron chi connectivity index (χ3n) is 2.43. The van der Waals surface area contributed by atoms with Gasteiger partial charge in [-0.2, -0.15) is 4.31 Å². The Kier molecular flexibility index (Phi) is 5.52. The van der Waals surface area contributed by atoms with Gasteiger partial charge in [-0.05, 0) is 25.8 Å². The van der Waals surface area contributed by atoms with Gasteiger partial charge in [0.1, 0.15) is 0 Å². The molecule has 5 nitrogen and oxygen atoms in total. The molecule has 0 aromatic carbocycles. The fraction of sp³-hybridized carbons (Fsp3) is 1.00. The summed E-state index contributed by atoms with van der Waals surface area (Å²) in [5.74, 6) is 0.212. The van der Waals surface area contributed by atoms with Crippen molar-refractivity contribution >= 4 is 10.0 Å². The summed E-state index contributed by atoms with van der Waals surface area (Å²) in [5.41, 5.74) is 5.33. The molecule has 0 aromatic heterocycles. The number of nitrogens with two attached hydrogens (primary N) is 1. The van der Waals surface area contributed by atoms with Crippen LogP contribution in [0.25, 0.3) is 0 Å². The van der Waals surface area contributed by atoms with Crippen LogP contribution in [0.4, 0.5) is 0 Å². The summed E-state index contributed by atoms with van der Waals surface area (Å²) in [6.07, 6.45) is 2.20. The van der Waals surface area contributed by atoms with Gasteiger partial charge < -0.3 is 10.5 Å². The average molecular weight is 236 g/mol. The van der Waals surface area contributed by atoms with Crippen molar-refractivity contribution in [2.75, 3.05) is 38.6 Å². The molecule has 0 spiro atoms. The van der Waals surface area contributed by atoms with Crippen LogP contribution in [0, 0.1) is 0 Å². The Morgan fingerprint density at radius 3 is 2.73 bits per heavy atom. The maximum atomic E-state index is 11.8. The van der Waals surface area contributed by atoms with Gasteiger partial charge in [-0.25, -0.2) is 8.42 Å². The van der Waals surface area contributed by atoms with E-state index in [0.717, 1.165) is 12.8 Å². The maximum Gasteiger partial charge on any atom is 0.214 e. The Morgan fingerprint density at radius 2 is 2.00 bits per heavy atom. The second-order valence-corrected chi connectivity index (χ2v) is 5.77. The minimum atomic E-state index is -3.08. The molecule has 1 heterocycles. The molecule has 15 heavy (non-hydrogen) atoms. The molecule has 0 bridgehead atoms. The van der Waals surface area contributed by atoms with Crippen molar-refractivity contribution in [2.45, 2.75) is 19.3 Å². The zero-order chi connectivity index (χ0) is 11.1. The predicted octanol–water partition coefficient (Wildman–Crippen LogP) is -0.223. The molecule has 0 aliphatic carbocycles. The molecule has 6 heteroatoms. The molecule has 0 aromatic rings. The first-order valence-corrected chi connectivity index (χ1v) is 7.03. The van der Waals surface area contributed by atoms with Crippen molar-refractivity contribution in [2.24, 2.45) is 5.73 Å². The normalized spacial score (nSPS) is 20.1. The number of rotatable bonds is 5. The van der Waals surface area contributed by atoms with Crippen molar-refractivity contribution in [1.82, 2.24) is 4.31 Å². The van der Waals surface area contributed by atoms with E-state index in [1.54, 1.807) is 0 Å². The van der Waals surface area contributed by atoms with Crippen LogP contribution in [0.3, 0.4) is 0 Å². The first-order chi connectivity index (χ1) is 7.17. The summed E-state index contributed by atoms with van der Waals surface area (Å²) < 4.78 is 30.4. The number of hydrogen-bond donors (Lipinski definition) is 1. The summed E-state index contributed by atoms with van der Waals surface area (Å²) in [4.78, 5) is 0. The summed E-state index contributed by atoms with van der Waals surface area (Å²) in [7, 11) is -3.08. The minimum absolute atomic E-state index is 0.212. The monoisotopic (exact) mass is 236 g/mol. The van der Waals surface area contributed by atoms with E-state index >= 15 is 0 Å². The fourth-order valence-corrected chi connectivity index (χ4v) is 3.15. The molecule has 1 rings (SSSR count). The van der Waals surface area contributed by atoms with E-state index in [1.165, 1.54) is 4.31 Å². The van der Waals surface area contributed by atoms with Crippen molar-refractivity contribution in [1.29, 1.82) is 0 Å². The van der Waals surface area contributed by atoms with Gasteiger partial charge in [-0.3, -0.25) is 0 Å². The molecule has 0 atom stereocenters. The second-order valence-electron chi connectivity index (χ2n) is 3.68. The summed E-state index contributed by atoms with van der Waals surface area (Å²) >= 11 is 0. The van der Waals surface area contributed by atoms with Gasteiger partial charge in [0.25, 0.3) is 0 Å². The molecule has 1 saturated heterocycles. The Hall–Kier alpha value is -0.170. The first-order valence-electron chi connectivity index (χ1n) is 5.42. The zero-order valence-corrected chi connectivity index (χ0v) is 9.84. The second kappa shape index (κ2) is 6.42. The fourth-order valence-electron chi connectivity index (χ4n) is 1.56. The van der Waals surface area contributed by atoms with E-state index in [0.29, 0.717) is 39.3 Å². The molecule has 0 amide bonds. The van der Waals surface area contributed by atoms with Crippen LogP contribution >= 0.6 is 0 Å². The van der Waals surface area contributed by atoms with E-state index in [2.05, 4.69) is 0 Å². The minimum Gasteiger partial charge on any atom is -0.380 e. The predicted molar refractivity (Wildman–Crippen MR) is 59.1 cm³/mol. The van der Waals surface area contributed by atoms with Gasteiger partial charge in [0.05, 0.1) is 12.4 Å². The van der Waals surface area contributed by atoms with Crippen LogP contribution in [-0.2, 0) is 14.8 Å². The van der Waals surface area contributed by atoms with Crippen molar-refractivity contribution in [3.05, 3.63) is 0 Å². The first kappa shape index (κ1) is 12.9. The van der Waals surface area contributed by atoms with E-state index in [4.69, 9.17) is 10.5 Å². The number of nitrogens with zero attached hydrogens (tertiary/aromatic N) is 1. The molecular formula is C9H20N2O3S. The van der Waals surface area contributed by atoms with Gasteiger partial charge >= 0.3 is 0 Å². The summed E-state index contributed by atoms with van der Waals surface area (Å²) in [6, 6.07) is 0.